The summed E-state index contributed by atoms with van der Waals surface area (Å²) >= 11 is 0. The molecule has 0 saturated carbocycles. The summed E-state index contributed by atoms with van der Waals surface area (Å²) in [6.07, 6.45) is 0.835. The fourth-order valence-electron chi connectivity index (χ4n) is 2.97. The molecule has 1 aliphatic rings. The maximum Gasteiger partial charge on any atom is 0.319 e. The molecule has 0 aliphatic carbocycles. The summed E-state index contributed by atoms with van der Waals surface area (Å²) in [4.78, 5) is 26.6. The molecular weight excluding hydrogens is 318 g/mol. The van der Waals surface area contributed by atoms with Crippen LogP contribution in [-0.2, 0) is 11.2 Å². The lowest BCUT2D eigenvalue weighted by Gasteiger charge is -2.22. The number of amides is 3. The molecule has 0 bridgehead atoms. The summed E-state index contributed by atoms with van der Waals surface area (Å²) in [7, 11) is 1.54. The number of urea groups is 1. The number of nitrogens with one attached hydrogen (secondary N) is 2. The highest BCUT2D eigenvalue weighted by Crippen LogP contribution is 2.28. The molecule has 1 heterocycles. The van der Waals surface area contributed by atoms with E-state index in [0.717, 1.165) is 17.7 Å². The maximum absolute atomic E-state index is 12.7. The van der Waals surface area contributed by atoms with Gasteiger partial charge in [0.1, 0.15) is 11.8 Å². The molecule has 2 aromatic carbocycles. The van der Waals surface area contributed by atoms with Crippen LogP contribution in [0.2, 0.25) is 0 Å². The van der Waals surface area contributed by atoms with Crippen LogP contribution in [-0.4, -0.2) is 31.6 Å². The van der Waals surface area contributed by atoms with E-state index in [2.05, 4.69) is 10.6 Å². The van der Waals surface area contributed by atoms with E-state index < -0.39 is 12.1 Å². The zero-order valence-corrected chi connectivity index (χ0v) is 14.3. The fourth-order valence-corrected chi connectivity index (χ4v) is 2.97. The van der Waals surface area contributed by atoms with Gasteiger partial charge in [-0.3, -0.25) is 4.79 Å². The standard InChI is InChI=1S/C19H21N3O3/c1-13(18(23)22-12-11-14-7-3-5-9-16(14)22)20-19(24)21-15-8-4-6-10-17(15)25-2/h3-10,13H,11-12H2,1-2H3,(H2,20,21,24). The quantitative estimate of drug-likeness (QED) is 0.900. The number of ether oxygens (including phenoxy) is 1. The van der Waals surface area contributed by atoms with Gasteiger partial charge in [-0.05, 0) is 37.1 Å². The van der Waals surface area contributed by atoms with Crippen molar-refractivity contribution in [3.05, 3.63) is 54.1 Å². The Morgan fingerprint density at radius 2 is 1.84 bits per heavy atom. The van der Waals surface area contributed by atoms with Crippen LogP contribution in [0.3, 0.4) is 0 Å². The van der Waals surface area contributed by atoms with Crippen LogP contribution in [0.5, 0.6) is 5.75 Å². The van der Waals surface area contributed by atoms with Crippen molar-refractivity contribution in [3.63, 3.8) is 0 Å². The monoisotopic (exact) mass is 339 g/mol. The molecule has 1 aliphatic heterocycles. The van der Waals surface area contributed by atoms with Crippen molar-refractivity contribution >= 4 is 23.3 Å². The summed E-state index contributed by atoms with van der Waals surface area (Å²) in [5.74, 6) is 0.435. The number of rotatable bonds is 4. The second-order valence-electron chi connectivity index (χ2n) is 5.89. The van der Waals surface area contributed by atoms with Gasteiger partial charge in [-0.15, -0.1) is 0 Å². The van der Waals surface area contributed by atoms with E-state index >= 15 is 0 Å². The Morgan fingerprint density at radius 1 is 1.12 bits per heavy atom. The van der Waals surface area contributed by atoms with Gasteiger partial charge in [0.25, 0.3) is 0 Å². The minimum Gasteiger partial charge on any atom is -0.495 e. The predicted octanol–water partition coefficient (Wildman–Crippen LogP) is 2.79. The van der Waals surface area contributed by atoms with Crippen molar-refractivity contribution in [3.8, 4) is 5.75 Å². The van der Waals surface area contributed by atoms with E-state index in [1.807, 2.05) is 30.3 Å². The number of carbonyl (C=O) groups is 2. The minimum absolute atomic E-state index is 0.125. The second kappa shape index (κ2) is 7.25. The zero-order chi connectivity index (χ0) is 17.8. The first-order valence-corrected chi connectivity index (χ1v) is 8.20. The molecule has 6 nitrogen and oxygen atoms in total. The number of benzene rings is 2. The van der Waals surface area contributed by atoms with Crippen LogP contribution in [0, 0.1) is 0 Å². The number of carbonyl (C=O) groups excluding carboxylic acids is 2. The molecule has 1 atom stereocenters. The van der Waals surface area contributed by atoms with E-state index in [1.54, 1.807) is 30.0 Å². The number of nitrogens with zero attached hydrogens (tertiary/aromatic N) is 1. The van der Waals surface area contributed by atoms with Gasteiger partial charge in [-0.2, -0.15) is 0 Å². The summed E-state index contributed by atoms with van der Waals surface area (Å²) in [5.41, 5.74) is 2.63. The number of methoxy groups -OCH3 is 1. The Morgan fingerprint density at radius 3 is 2.64 bits per heavy atom. The summed E-state index contributed by atoms with van der Waals surface area (Å²) < 4.78 is 5.20. The van der Waals surface area contributed by atoms with Gasteiger partial charge in [0.15, 0.2) is 0 Å². The van der Waals surface area contributed by atoms with Gasteiger partial charge >= 0.3 is 6.03 Å². The Balaban J connectivity index is 1.63. The highest BCUT2D eigenvalue weighted by atomic mass is 16.5. The summed E-state index contributed by atoms with van der Waals surface area (Å²) in [6, 6.07) is 13.9. The molecule has 0 aromatic heterocycles. The smallest absolute Gasteiger partial charge is 0.319 e. The lowest BCUT2D eigenvalue weighted by Crippen LogP contribution is -2.47. The topological polar surface area (TPSA) is 70.7 Å². The van der Waals surface area contributed by atoms with Crippen LogP contribution in [0.25, 0.3) is 0 Å². The van der Waals surface area contributed by atoms with Gasteiger partial charge in [0.05, 0.1) is 12.8 Å². The molecule has 25 heavy (non-hydrogen) atoms. The first kappa shape index (κ1) is 16.8. The Labute approximate surface area is 146 Å². The SMILES string of the molecule is COc1ccccc1NC(=O)NC(C)C(=O)N1CCc2ccccc21. The van der Waals surface area contributed by atoms with Gasteiger partial charge in [0.2, 0.25) is 5.91 Å². The molecule has 3 rings (SSSR count). The van der Waals surface area contributed by atoms with Crippen LogP contribution < -0.4 is 20.3 Å². The van der Waals surface area contributed by atoms with Crippen molar-refractivity contribution in [2.24, 2.45) is 0 Å². The maximum atomic E-state index is 12.7. The van der Waals surface area contributed by atoms with Crippen molar-refractivity contribution in [2.75, 3.05) is 23.9 Å². The van der Waals surface area contributed by atoms with Crippen molar-refractivity contribution < 1.29 is 14.3 Å². The first-order chi connectivity index (χ1) is 12.1. The van der Waals surface area contributed by atoms with Crippen LogP contribution in [0.15, 0.2) is 48.5 Å². The van der Waals surface area contributed by atoms with Gasteiger partial charge in [-0.1, -0.05) is 30.3 Å². The predicted molar refractivity (Wildman–Crippen MR) is 97.1 cm³/mol. The molecule has 0 saturated heterocycles. The van der Waals surface area contributed by atoms with E-state index in [0.29, 0.717) is 18.0 Å². The minimum atomic E-state index is -0.638. The molecule has 130 valence electrons. The van der Waals surface area contributed by atoms with E-state index in [-0.39, 0.29) is 5.91 Å². The first-order valence-electron chi connectivity index (χ1n) is 8.20. The molecule has 0 radical (unpaired) electrons. The van der Waals surface area contributed by atoms with Crippen LogP contribution >= 0.6 is 0 Å². The van der Waals surface area contributed by atoms with Crippen molar-refractivity contribution in [1.29, 1.82) is 0 Å². The van der Waals surface area contributed by atoms with E-state index in [1.165, 1.54) is 7.11 Å². The normalized spacial score (nSPS) is 13.8. The molecule has 0 fully saturated rings. The largest absolute Gasteiger partial charge is 0.495 e. The number of hydrogen-bond donors (Lipinski definition) is 2. The number of hydrogen-bond acceptors (Lipinski definition) is 3. The highest BCUT2D eigenvalue weighted by molar-refractivity contribution is 6.02. The number of para-hydroxylation sites is 3. The zero-order valence-electron chi connectivity index (χ0n) is 14.3. The molecule has 3 amide bonds. The van der Waals surface area contributed by atoms with E-state index in [9.17, 15) is 9.59 Å². The molecule has 2 N–H and O–H groups in total. The summed E-state index contributed by atoms with van der Waals surface area (Å²) in [5, 5.41) is 5.40. The molecule has 1 unspecified atom stereocenters. The van der Waals surface area contributed by atoms with Crippen molar-refractivity contribution in [1.82, 2.24) is 5.32 Å². The molecule has 0 spiro atoms. The van der Waals surface area contributed by atoms with Gasteiger partial charge in [0, 0.05) is 12.2 Å². The Bertz CT molecular complexity index is 791. The summed E-state index contributed by atoms with van der Waals surface area (Å²) in [6.45, 7) is 2.32. The third kappa shape index (κ3) is 3.57. The lowest BCUT2D eigenvalue weighted by molar-refractivity contribution is -0.119. The molecule has 2 aromatic rings. The van der Waals surface area contributed by atoms with Gasteiger partial charge in [-0.25, -0.2) is 4.79 Å². The van der Waals surface area contributed by atoms with E-state index in [4.69, 9.17) is 4.74 Å². The highest BCUT2D eigenvalue weighted by Gasteiger charge is 2.28. The molecular formula is C19H21N3O3. The number of fused-ring (bicyclic) bond motifs is 1. The molecule has 6 heteroatoms. The Kier molecular flexibility index (Phi) is 4.88. The lowest BCUT2D eigenvalue weighted by atomic mass is 10.2. The van der Waals surface area contributed by atoms with Crippen molar-refractivity contribution in [2.45, 2.75) is 19.4 Å². The van der Waals surface area contributed by atoms with Crippen LogP contribution in [0.4, 0.5) is 16.2 Å². The Hall–Kier alpha value is -3.02. The average Bonchev–Trinajstić information content (AvgIpc) is 3.05. The van der Waals surface area contributed by atoms with Gasteiger partial charge < -0.3 is 20.3 Å². The third-order valence-corrected chi connectivity index (χ3v) is 4.23. The third-order valence-electron chi connectivity index (χ3n) is 4.23. The second-order valence-corrected chi connectivity index (χ2v) is 5.89. The average molecular weight is 339 g/mol. The van der Waals surface area contributed by atoms with Crippen LogP contribution in [0.1, 0.15) is 12.5 Å². The fraction of sp³-hybridized carbons (Fsp3) is 0.263. The number of anilines is 2.